The topological polar surface area (TPSA) is 55.4 Å². The Labute approximate surface area is 146 Å². The molecule has 1 N–H and O–H groups in total. The molecule has 2 rings (SSSR count). The average molecular weight is 343 g/mol. The lowest BCUT2D eigenvalue weighted by Gasteiger charge is -2.16. The third-order valence-corrected chi connectivity index (χ3v) is 4.19. The number of benzene rings is 1. The summed E-state index contributed by atoms with van der Waals surface area (Å²) in [4.78, 5) is 23.7. The predicted molar refractivity (Wildman–Crippen MR) is 98.2 cm³/mol. The number of ether oxygens (including phenoxy) is 1. The normalized spacial score (nSPS) is 11.0. The maximum Gasteiger partial charge on any atom is 0.331 e. The molecule has 4 nitrogen and oxygen atoms in total. The molecule has 126 valence electrons. The quantitative estimate of drug-likeness (QED) is 0.626. The molecule has 0 aliphatic carbocycles. The van der Waals surface area contributed by atoms with Gasteiger partial charge in [0, 0.05) is 11.8 Å². The van der Waals surface area contributed by atoms with Crippen molar-refractivity contribution in [2.24, 2.45) is 0 Å². The van der Waals surface area contributed by atoms with Crippen molar-refractivity contribution in [1.29, 1.82) is 0 Å². The van der Waals surface area contributed by atoms with Crippen LogP contribution in [-0.4, -0.2) is 18.5 Å². The van der Waals surface area contributed by atoms with Crippen molar-refractivity contribution < 1.29 is 14.3 Å². The number of hydrogen-bond donors (Lipinski definition) is 1. The van der Waals surface area contributed by atoms with Crippen LogP contribution >= 0.6 is 11.3 Å². The minimum atomic E-state index is -0.537. The summed E-state index contributed by atoms with van der Waals surface area (Å²) in [5, 5.41) is 6.69. The number of thiophene rings is 1. The highest BCUT2D eigenvalue weighted by atomic mass is 32.1. The smallest absolute Gasteiger partial charge is 0.331 e. The fourth-order valence-corrected chi connectivity index (χ4v) is 2.87. The van der Waals surface area contributed by atoms with Gasteiger partial charge in [-0.05, 0) is 52.4 Å². The lowest BCUT2D eigenvalue weighted by molar-refractivity contribution is -0.142. The van der Waals surface area contributed by atoms with Crippen LogP contribution in [0.1, 0.15) is 36.5 Å². The van der Waals surface area contributed by atoms with Crippen LogP contribution in [0.5, 0.6) is 0 Å². The summed E-state index contributed by atoms with van der Waals surface area (Å²) in [6.07, 6.45) is 2.98. The number of anilines is 1. The number of carbonyl (C=O) groups is 2. The molecule has 5 heteroatoms. The molecule has 1 aromatic heterocycles. The van der Waals surface area contributed by atoms with E-state index in [-0.39, 0.29) is 18.4 Å². The molecule has 0 fully saturated rings. The van der Waals surface area contributed by atoms with E-state index in [9.17, 15) is 9.59 Å². The zero-order valence-electron chi connectivity index (χ0n) is 14.0. The van der Waals surface area contributed by atoms with Gasteiger partial charge in [-0.3, -0.25) is 4.79 Å². The van der Waals surface area contributed by atoms with Gasteiger partial charge >= 0.3 is 5.97 Å². The van der Waals surface area contributed by atoms with Crippen molar-refractivity contribution >= 4 is 35.0 Å². The van der Waals surface area contributed by atoms with Crippen LogP contribution in [0, 0.1) is 6.92 Å². The molecule has 1 amide bonds. The largest absolute Gasteiger partial charge is 0.452 e. The zero-order valence-corrected chi connectivity index (χ0v) is 14.9. The highest BCUT2D eigenvalue weighted by Gasteiger charge is 2.13. The van der Waals surface area contributed by atoms with Gasteiger partial charge < -0.3 is 10.1 Å². The van der Waals surface area contributed by atoms with Crippen LogP contribution in [0.25, 0.3) is 6.08 Å². The SMILES string of the molecule is Cc1cccc(C(C)C)c1NC(=O)COC(=O)/C=C/c1ccsc1. The van der Waals surface area contributed by atoms with Crippen molar-refractivity contribution in [1.82, 2.24) is 0 Å². The number of hydrogen-bond acceptors (Lipinski definition) is 4. The third-order valence-electron chi connectivity index (χ3n) is 3.49. The van der Waals surface area contributed by atoms with Gasteiger partial charge in [-0.1, -0.05) is 32.0 Å². The third kappa shape index (κ3) is 5.06. The maximum absolute atomic E-state index is 12.1. The average Bonchev–Trinajstić information content (AvgIpc) is 3.06. The Balaban J connectivity index is 1.91. The number of nitrogens with one attached hydrogen (secondary N) is 1. The van der Waals surface area contributed by atoms with Gasteiger partial charge in [-0.15, -0.1) is 0 Å². The second-order valence-electron chi connectivity index (χ2n) is 5.74. The Kier molecular flexibility index (Phi) is 6.32. The number of amides is 1. The number of para-hydroxylation sites is 1. The predicted octanol–water partition coefficient (Wildman–Crippen LogP) is 4.38. The molecule has 0 aliphatic rings. The number of rotatable bonds is 6. The Morgan fingerprint density at radius 1 is 1.29 bits per heavy atom. The number of aryl methyl sites for hydroxylation is 1. The minimum Gasteiger partial charge on any atom is -0.452 e. The lowest BCUT2D eigenvalue weighted by atomic mass is 9.98. The van der Waals surface area contributed by atoms with Gasteiger partial charge in [0.1, 0.15) is 0 Å². The summed E-state index contributed by atoms with van der Waals surface area (Å²) >= 11 is 1.55. The highest BCUT2D eigenvalue weighted by molar-refractivity contribution is 7.08. The first-order valence-corrected chi connectivity index (χ1v) is 8.68. The minimum absolute atomic E-state index is 0.288. The molecule has 0 bridgehead atoms. The van der Waals surface area contributed by atoms with Crippen molar-refractivity contribution in [3.63, 3.8) is 0 Å². The molecule has 0 saturated carbocycles. The van der Waals surface area contributed by atoms with Crippen LogP contribution in [0.2, 0.25) is 0 Å². The van der Waals surface area contributed by atoms with Crippen LogP contribution in [0.4, 0.5) is 5.69 Å². The molecule has 0 unspecified atom stereocenters. The zero-order chi connectivity index (χ0) is 17.5. The Hall–Kier alpha value is -2.40. The lowest BCUT2D eigenvalue weighted by Crippen LogP contribution is -2.21. The molecule has 0 saturated heterocycles. The van der Waals surface area contributed by atoms with E-state index >= 15 is 0 Å². The summed E-state index contributed by atoms with van der Waals surface area (Å²) in [5.74, 6) is -0.593. The van der Waals surface area contributed by atoms with Crippen molar-refractivity contribution in [2.45, 2.75) is 26.7 Å². The van der Waals surface area contributed by atoms with Gasteiger partial charge in [0.2, 0.25) is 0 Å². The van der Waals surface area contributed by atoms with E-state index in [1.165, 1.54) is 6.08 Å². The monoisotopic (exact) mass is 343 g/mol. The Morgan fingerprint density at radius 2 is 2.08 bits per heavy atom. The molecule has 24 heavy (non-hydrogen) atoms. The highest BCUT2D eigenvalue weighted by Crippen LogP contribution is 2.27. The van der Waals surface area contributed by atoms with Crippen molar-refractivity contribution in [3.8, 4) is 0 Å². The second kappa shape index (κ2) is 8.45. The fourth-order valence-electron chi connectivity index (χ4n) is 2.24. The molecular formula is C19H21NO3S. The summed E-state index contributed by atoms with van der Waals surface area (Å²) in [6.45, 7) is 5.77. The van der Waals surface area contributed by atoms with Gasteiger partial charge in [-0.25, -0.2) is 4.79 Å². The first kappa shape index (κ1) is 17.9. The molecule has 2 aromatic rings. The summed E-state index contributed by atoms with van der Waals surface area (Å²) in [7, 11) is 0. The van der Waals surface area contributed by atoms with E-state index in [4.69, 9.17) is 4.74 Å². The molecular weight excluding hydrogens is 322 g/mol. The van der Waals surface area contributed by atoms with Crippen LogP contribution in [-0.2, 0) is 14.3 Å². The Morgan fingerprint density at radius 3 is 2.75 bits per heavy atom. The van der Waals surface area contributed by atoms with E-state index in [2.05, 4.69) is 19.2 Å². The first-order chi connectivity index (χ1) is 11.5. The van der Waals surface area contributed by atoms with Crippen LogP contribution < -0.4 is 5.32 Å². The molecule has 0 atom stereocenters. The summed E-state index contributed by atoms with van der Waals surface area (Å²) < 4.78 is 4.98. The van der Waals surface area contributed by atoms with Crippen molar-refractivity contribution in [3.05, 3.63) is 57.8 Å². The number of esters is 1. The van der Waals surface area contributed by atoms with E-state index in [0.29, 0.717) is 0 Å². The van der Waals surface area contributed by atoms with E-state index in [1.54, 1.807) is 17.4 Å². The molecule has 1 aromatic carbocycles. The maximum atomic E-state index is 12.1. The van der Waals surface area contributed by atoms with E-state index in [0.717, 1.165) is 22.4 Å². The van der Waals surface area contributed by atoms with Gasteiger partial charge in [-0.2, -0.15) is 11.3 Å². The van der Waals surface area contributed by atoms with Gasteiger partial charge in [0.25, 0.3) is 5.91 Å². The fraction of sp³-hybridized carbons (Fsp3) is 0.263. The van der Waals surface area contributed by atoms with Gasteiger partial charge in [0.15, 0.2) is 6.61 Å². The number of carbonyl (C=O) groups excluding carboxylic acids is 2. The van der Waals surface area contributed by atoms with Crippen LogP contribution in [0.15, 0.2) is 41.1 Å². The van der Waals surface area contributed by atoms with Crippen molar-refractivity contribution in [2.75, 3.05) is 11.9 Å². The summed E-state index contributed by atoms with van der Waals surface area (Å²) in [6, 6.07) is 7.79. The van der Waals surface area contributed by atoms with Gasteiger partial charge in [0.05, 0.1) is 0 Å². The standard InChI is InChI=1S/C19H21NO3S/c1-13(2)16-6-4-5-14(3)19(16)20-17(21)11-23-18(22)8-7-15-9-10-24-12-15/h4-10,12-13H,11H2,1-3H3,(H,20,21)/b8-7+. The van der Waals surface area contributed by atoms with E-state index < -0.39 is 5.97 Å². The molecule has 1 heterocycles. The van der Waals surface area contributed by atoms with Crippen LogP contribution in [0.3, 0.4) is 0 Å². The molecule has 0 spiro atoms. The molecule has 0 radical (unpaired) electrons. The van der Waals surface area contributed by atoms with E-state index in [1.807, 2.05) is 41.9 Å². The summed E-state index contributed by atoms with van der Waals surface area (Å²) in [5.41, 5.74) is 3.77. The Bertz CT molecular complexity index is 733. The first-order valence-electron chi connectivity index (χ1n) is 7.73. The second-order valence-corrected chi connectivity index (χ2v) is 6.52. The molecule has 0 aliphatic heterocycles.